The Labute approximate surface area is 129 Å². The van der Waals surface area contributed by atoms with E-state index >= 15 is 0 Å². The van der Waals surface area contributed by atoms with Crippen LogP contribution in [0.2, 0.25) is 0 Å². The third-order valence-corrected chi connectivity index (χ3v) is 4.78. The number of thioether (sulfide) groups is 1. The van der Waals surface area contributed by atoms with E-state index in [1.54, 1.807) is 12.5 Å². The van der Waals surface area contributed by atoms with Crippen molar-refractivity contribution in [3.63, 3.8) is 0 Å². The molecule has 3 rings (SSSR count). The van der Waals surface area contributed by atoms with Gasteiger partial charge in [-0.05, 0) is 43.4 Å². The highest BCUT2D eigenvalue weighted by molar-refractivity contribution is 7.99. The van der Waals surface area contributed by atoms with Gasteiger partial charge in [-0.15, -0.1) is 0 Å². The first kappa shape index (κ1) is 14.2. The quantitative estimate of drug-likeness (QED) is 0.948. The van der Waals surface area contributed by atoms with E-state index in [1.807, 2.05) is 47.6 Å². The minimum atomic E-state index is 0.0132. The molecular formula is C16H19N3OS. The van der Waals surface area contributed by atoms with Crippen LogP contribution in [0.5, 0.6) is 0 Å². The fourth-order valence-corrected chi connectivity index (χ4v) is 3.67. The Bertz CT molecular complexity index is 618. The van der Waals surface area contributed by atoms with Gasteiger partial charge in [0.25, 0.3) is 5.91 Å². The van der Waals surface area contributed by atoms with Crippen LogP contribution in [-0.4, -0.2) is 33.0 Å². The molecule has 1 aromatic heterocycles. The van der Waals surface area contributed by atoms with Crippen molar-refractivity contribution in [2.45, 2.75) is 25.8 Å². The second kappa shape index (κ2) is 6.35. The summed E-state index contributed by atoms with van der Waals surface area (Å²) in [6.45, 7) is 2.01. The van der Waals surface area contributed by atoms with Crippen LogP contribution >= 0.6 is 11.8 Å². The molecule has 0 unspecified atom stereocenters. The van der Waals surface area contributed by atoms with Crippen molar-refractivity contribution in [3.8, 4) is 5.69 Å². The lowest BCUT2D eigenvalue weighted by molar-refractivity contribution is 0.0935. The molecule has 1 fully saturated rings. The van der Waals surface area contributed by atoms with Gasteiger partial charge in [0.2, 0.25) is 0 Å². The molecule has 2 aromatic rings. The summed E-state index contributed by atoms with van der Waals surface area (Å²) in [7, 11) is 0. The van der Waals surface area contributed by atoms with E-state index in [2.05, 4.69) is 10.3 Å². The number of amides is 1. The lowest BCUT2D eigenvalue weighted by Gasteiger charge is -2.23. The molecular weight excluding hydrogens is 282 g/mol. The number of hydrogen-bond acceptors (Lipinski definition) is 3. The smallest absolute Gasteiger partial charge is 0.253 e. The number of carbonyl (C=O) groups excluding carboxylic acids is 1. The van der Waals surface area contributed by atoms with Gasteiger partial charge in [-0.3, -0.25) is 4.79 Å². The third kappa shape index (κ3) is 3.29. The van der Waals surface area contributed by atoms with Crippen LogP contribution in [0.3, 0.4) is 0 Å². The molecule has 0 spiro atoms. The number of aromatic nitrogens is 2. The number of imidazole rings is 1. The maximum atomic E-state index is 12.6. The number of nitrogens with zero attached hydrogens (tertiary/aromatic N) is 2. The highest BCUT2D eigenvalue weighted by atomic mass is 32.2. The summed E-state index contributed by atoms with van der Waals surface area (Å²) in [5, 5.41) is 3.18. The first-order valence-corrected chi connectivity index (χ1v) is 8.37. The zero-order valence-corrected chi connectivity index (χ0v) is 12.9. The van der Waals surface area contributed by atoms with E-state index in [-0.39, 0.29) is 5.91 Å². The Hall–Kier alpha value is -1.75. The molecule has 2 heterocycles. The number of carbonyl (C=O) groups is 1. The van der Waals surface area contributed by atoms with Crippen LogP contribution in [0, 0.1) is 6.92 Å². The van der Waals surface area contributed by atoms with Gasteiger partial charge in [0.1, 0.15) is 0 Å². The normalized spacial score (nSPS) is 15.9. The lowest BCUT2D eigenvalue weighted by Crippen LogP contribution is -2.37. The Morgan fingerprint density at radius 1 is 1.38 bits per heavy atom. The third-order valence-electron chi connectivity index (χ3n) is 3.74. The fourth-order valence-electron chi connectivity index (χ4n) is 2.56. The van der Waals surface area contributed by atoms with Gasteiger partial charge in [0.05, 0.1) is 17.6 Å². The summed E-state index contributed by atoms with van der Waals surface area (Å²) in [5.74, 6) is 2.28. The molecule has 1 amide bonds. The van der Waals surface area contributed by atoms with Crippen LogP contribution in [0.1, 0.15) is 28.8 Å². The molecule has 4 nitrogen and oxygen atoms in total. The van der Waals surface area contributed by atoms with E-state index in [4.69, 9.17) is 0 Å². The van der Waals surface area contributed by atoms with E-state index in [0.717, 1.165) is 35.6 Å². The fraction of sp³-hybridized carbons (Fsp3) is 0.375. The van der Waals surface area contributed by atoms with E-state index in [0.29, 0.717) is 11.6 Å². The first-order valence-electron chi connectivity index (χ1n) is 7.21. The highest BCUT2D eigenvalue weighted by Gasteiger charge is 2.19. The molecule has 0 bridgehead atoms. The average molecular weight is 301 g/mol. The van der Waals surface area contributed by atoms with Crippen molar-refractivity contribution in [1.82, 2.24) is 14.9 Å². The molecule has 1 saturated heterocycles. The molecule has 5 heteroatoms. The summed E-state index contributed by atoms with van der Waals surface area (Å²) in [6, 6.07) is 6.24. The largest absolute Gasteiger partial charge is 0.349 e. The Morgan fingerprint density at radius 3 is 2.90 bits per heavy atom. The van der Waals surface area contributed by atoms with Crippen LogP contribution in [-0.2, 0) is 0 Å². The number of hydrogen-bond donors (Lipinski definition) is 1. The summed E-state index contributed by atoms with van der Waals surface area (Å²) in [6.07, 6.45) is 7.42. The maximum absolute atomic E-state index is 12.6. The number of aryl methyl sites for hydroxylation is 1. The van der Waals surface area contributed by atoms with Gasteiger partial charge in [0, 0.05) is 18.4 Å². The van der Waals surface area contributed by atoms with E-state index in [1.165, 1.54) is 0 Å². The lowest BCUT2D eigenvalue weighted by atomic mass is 10.1. The van der Waals surface area contributed by atoms with Crippen LogP contribution in [0.15, 0.2) is 36.9 Å². The second-order valence-corrected chi connectivity index (χ2v) is 6.58. The van der Waals surface area contributed by atoms with E-state index < -0.39 is 0 Å². The van der Waals surface area contributed by atoms with Crippen molar-refractivity contribution in [2.24, 2.45) is 0 Å². The zero-order valence-electron chi connectivity index (χ0n) is 12.1. The predicted molar refractivity (Wildman–Crippen MR) is 86.1 cm³/mol. The van der Waals surface area contributed by atoms with E-state index in [9.17, 15) is 4.79 Å². The maximum Gasteiger partial charge on any atom is 0.253 e. The molecule has 0 radical (unpaired) electrons. The van der Waals surface area contributed by atoms with Crippen molar-refractivity contribution in [1.29, 1.82) is 0 Å². The van der Waals surface area contributed by atoms with Crippen LogP contribution in [0.4, 0.5) is 0 Å². The number of benzene rings is 1. The van der Waals surface area contributed by atoms with Crippen LogP contribution in [0.25, 0.3) is 5.69 Å². The predicted octanol–water partition coefficient (Wildman–Crippen LogP) is 2.81. The van der Waals surface area contributed by atoms with Crippen molar-refractivity contribution >= 4 is 17.7 Å². The number of rotatable bonds is 3. The topological polar surface area (TPSA) is 46.9 Å². The molecule has 0 saturated carbocycles. The van der Waals surface area contributed by atoms with Crippen molar-refractivity contribution in [3.05, 3.63) is 48.0 Å². The minimum Gasteiger partial charge on any atom is -0.349 e. The van der Waals surface area contributed by atoms with Gasteiger partial charge in [-0.2, -0.15) is 11.8 Å². The first-order chi connectivity index (χ1) is 10.2. The highest BCUT2D eigenvalue weighted by Crippen LogP contribution is 2.20. The van der Waals surface area contributed by atoms with Gasteiger partial charge in [-0.25, -0.2) is 4.98 Å². The van der Waals surface area contributed by atoms with Gasteiger partial charge < -0.3 is 9.88 Å². The zero-order chi connectivity index (χ0) is 14.7. The number of nitrogens with one attached hydrogen (secondary N) is 1. The second-order valence-electron chi connectivity index (χ2n) is 5.35. The molecule has 1 aliphatic rings. The summed E-state index contributed by atoms with van der Waals surface area (Å²) >= 11 is 1.96. The molecule has 1 aliphatic heterocycles. The average Bonchev–Trinajstić information content (AvgIpc) is 3.02. The standard InChI is InChI=1S/C16H19N3OS/c1-12-2-3-15(19-7-6-17-11-19)14(10-12)16(20)18-13-4-8-21-9-5-13/h2-3,6-7,10-11,13H,4-5,8-9H2,1H3,(H,18,20). The molecule has 0 atom stereocenters. The Balaban J connectivity index is 1.86. The van der Waals surface area contributed by atoms with Crippen molar-refractivity contribution in [2.75, 3.05) is 11.5 Å². The monoisotopic (exact) mass is 301 g/mol. The SMILES string of the molecule is Cc1ccc(-n2ccnc2)c(C(=O)NC2CCSCC2)c1. The van der Waals surface area contributed by atoms with Gasteiger partial charge in [0.15, 0.2) is 0 Å². The molecule has 0 aliphatic carbocycles. The Morgan fingerprint density at radius 2 is 2.19 bits per heavy atom. The van der Waals surface area contributed by atoms with Crippen molar-refractivity contribution < 1.29 is 4.79 Å². The van der Waals surface area contributed by atoms with Gasteiger partial charge in [-0.1, -0.05) is 11.6 Å². The summed E-state index contributed by atoms with van der Waals surface area (Å²) < 4.78 is 1.88. The van der Waals surface area contributed by atoms with Crippen LogP contribution < -0.4 is 5.32 Å². The minimum absolute atomic E-state index is 0.0132. The molecule has 21 heavy (non-hydrogen) atoms. The molecule has 110 valence electrons. The summed E-state index contributed by atoms with van der Waals surface area (Å²) in [4.78, 5) is 16.7. The summed E-state index contributed by atoms with van der Waals surface area (Å²) in [5.41, 5.74) is 2.68. The Kier molecular flexibility index (Phi) is 4.29. The molecule has 1 N–H and O–H groups in total. The van der Waals surface area contributed by atoms with Gasteiger partial charge >= 0.3 is 0 Å². The molecule has 1 aromatic carbocycles.